The van der Waals surface area contributed by atoms with Gasteiger partial charge in [0.2, 0.25) is 5.91 Å². The lowest BCUT2D eigenvalue weighted by atomic mass is 10.2. The second-order valence-corrected chi connectivity index (χ2v) is 5.07. The first-order valence-electron chi connectivity index (χ1n) is 7.01. The number of carboxylic acids is 1. The van der Waals surface area contributed by atoms with Gasteiger partial charge in [-0.1, -0.05) is 35.5 Å². The molecule has 0 bridgehead atoms. The van der Waals surface area contributed by atoms with Gasteiger partial charge in [-0.25, -0.2) is 4.68 Å². The number of benzene rings is 1. The van der Waals surface area contributed by atoms with Crippen LogP contribution in [0.25, 0.3) is 11.3 Å². The first kappa shape index (κ1) is 15.7. The molecule has 1 heterocycles. The minimum absolute atomic E-state index is 0.0307. The maximum Gasteiger partial charge on any atom is 0.303 e. The highest BCUT2D eigenvalue weighted by Gasteiger charge is 2.11. The Labute approximate surface area is 128 Å². The molecule has 1 aromatic carbocycles. The Bertz CT molecular complexity index is 639. The summed E-state index contributed by atoms with van der Waals surface area (Å²) in [5, 5.41) is 19.3. The molecule has 0 radical (unpaired) electrons. The topological polar surface area (TPSA) is 97.1 Å². The van der Waals surface area contributed by atoms with Crippen LogP contribution in [-0.2, 0) is 16.1 Å². The van der Waals surface area contributed by atoms with E-state index in [0.29, 0.717) is 12.1 Å². The summed E-state index contributed by atoms with van der Waals surface area (Å²) < 4.78 is 1.46. The molecule has 1 atom stereocenters. The van der Waals surface area contributed by atoms with E-state index in [1.54, 1.807) is 13.1 Å². The Morgan fingerprint density at radius 2 is 2.05 bits per heavy atom. The maximum atomic E-state index is 11.9. The van der Waals surface area contributed by atoms with Crippen molar-refractivity contribution in [1.29, 1.82) is 0 Å². The maximum absolute atomic E-state index is 11.9. The van der Waals surface area contributed by atoms with Gasteiger partial charge < -0.3 is 10.4 Å². The van der Waals surface area contributed by atoms with E-state index in [9.17, 15) is 9.59 Å². The molecule has 0 aliphatic carbocycles. The zero-order valence-corrected chi connectivity index (χ0v) is 12.3. The Morgan fingerprint density at radius 3 is 2.73 bits per heavy atom. The number of nitrogens with zero attached hydrogens (tertiary/aromatic N) is 3. The number of carboxylic acid groups (broad SMARTS) is 1. The number of aromatic nitrogens is 3. The number of carbonyl (C=O) groups is 2. The largest absolute Gasteiger partial charge is 0.481 e. The second-order valence-electron chi connectivity index (χ2n) is 5.07. The quantitative estimate of drug-likeness (QED) is 0.804. The van der Waals surface area contributed by atoms with E-state index in [2.05, 4.69) is 15.6 Å². The van der Waals surface area contributed by atoms with Crippen molar-refractivity contribution < 1.29 is 14.7 Å². The average Bonchev–Trinajstić information content (AvgIpc) is 2.94. The molecule has 1 amide bonds. The lowest BCUT2D eigenvalue weighted by Crippen LogP contribution is -2.35. The minimum Gasteiger partial charge on any atom is -0.481 e. The Balaban J connectivity index is 1.87. The van der Waals surface area contributed by atoms with Crippen LogP contribution in [0.15, 0.2) is 36.5 Å². The van der Waals surface area contributed by atoms with Gasteiger partial charge in [0.1, 0.15) is 12.2 Å². The molecule has 0 saturated heterocycles. The minimum atomic E-state index is -0.870. The lowest BCUT2D eigenvalue weighted by molar-refractivity contribution is -0.137. The number of nitrogens with one attached hydrogen (secondary N) is 1. The van der Waals surface area contributed by atoms with Gasteiger partial charge >= 0.3 is 5.97 Å². The molecule has 2 N–H and O–H groups in total. The van der Waals surface area contributed by atoms with Gasteiger partial charge in [-0.05, 0) is 13.3 Å². The fourth-order valence-electron chi connectivity index (χ4n) is 2.00. The molecule has 7 nitrogen and oxygen atoms in total. The predicted molar refractivity (Wildman–Crippen MR) is 79.9 cm³/mol. The van der Waals surface area contributed by atoms with E-state index in [1.165, 1.54) is 4.68 Å². The summed E-state index contributed by atoms with van der Waals surface area (Å²) in [4.78, 5) is 22.3. The number of carbonyl (C=O) groups excluding carboxylic acids is 1. The van der Waals surface area contributed by atoms with Crippen molar-refractivity contribution in [2.45, 2.75) is 32.4 Å². The van der Waals surface area contributed by atoms with E-state index in [-0.39, 0.29) is 24.9 Å². The van der Waals surface area contributed by atoms with Crippen molar-refractivity contribution in [2.24, 2.45) is 0 Å². The molecular weight excluding hydrogens is 284 g/mol. The van der Waals surface area contributed by atoms with E-state index in [1.807, 2.05) is 30.3 Å². The van der Waals surface area contributed by atoms with E-state index < -0.39 is 5.97 Å². The van der Waals surface area contributed by atoms with Crippen molar-refractivity contribution in [3.8, 4) is 11.3 Å². The van der Waals surface area contributed by atoms with Gasteiger partial charge in [-0.2, -0.15) is 0 Å². The number of aliphatic carboxylic acids is 1. The van der Waals surface area contributed by atoms with Crippen LogP contribution in [-0.4, -0.2) is 38.0 Å². The lowest BCUT2D eigenvalue weighted by Gasteiger charge is -2.12. The number of hydrogen-bond donors (Lipinski definition) is 2. The van der Waals surface area contributed by atoms with Crippen LogP contribution < -0.4 is 5.32 Å². The predicted octanol–water partition coefficient (Wildman–Crippen LogP) is 1.31. The first-order chi connectivity index (χ1) is 10.5. The van der Waals surface area contributed by atoms with Crippen LogP contribution in [0.5, 0.6) is 0 Å². The van der Waals surface area contributed by atoms with Crippen LogP contribution >= 0.6 is 0 Å². The Kier molecular flexibility index (Phi) is 5.24. The molecule has 2 rings (SSSR count). The van der Waals surface area contributed by atoms with Gasteiger partial charge in [0, 0.05) is 18.0 Å². The van der Waals surface area contributed by atoms with E-state index in [0.717, 1.165) is 5.56 Å². The number of amides is 1. The summed E-state index contributed by atoms with van der Waals surface area (Å²) in [6.45, 7) is 1.83. The fraction of sp³-hybridized carbons (Fsp3) is 0.333. The molecule has 116 valence electrons. The molecule has 2 aromatic rings. The third-order valence-electron chi connectivity index (χ3n) is 3.11. The molecule has 0 aliphatic heterocycles. The van der Waals surface area contributed by atoms with Crippen LogP contribution in [0.1, 0.15) is 19.8 Å². The van der Waals surface area contributed by atoms with Gasteiger partial charge in [0.15, 0.2) is 0 Å². The molecule has 1 unspecified atom stereocenters. The molecule has 1 aromatic heterocycles. The molecular formula is C15H18N4O3. The summed E-state index contributed by atoms with van der Waals surface area (Å²) in [7, 11) is 0. The van der Waals surface area contributed by atoms with Crippen molar-refractivity contribution in [3.63, 3.8) is 0 Å². The van der Waals surface area contributed by atoms with Crippen LogP contribution in [0.3, 0.4) is 0 Å². The van der Waals surface area contributed by atoms with Gasteiger partial charge in [0.05, 0.1) is 6.20 Å². The molecule has 0 saturated carbocycles. The zero-order chi connectivity index (χ0) is 15.9. The van der Waals surface area contributed by atoms with Crippen molar-refractivity contribution in [3.05, 3.63) is 36.5 Å². The molecule has 7 heteroatoms. The summed E-state index contributed by atoms with van der Waals surface area (Å²) in [5.74, 6) is -1.09. The van der Waals surface area contributed by atoms with Crippen molar-refractivity contribution in [1.82, 2.24) is 20.3 Å². The van der Waals surface area contributed by atoms with Crippen LogP contribution in [0, 0.1) is 0 Å². The van der Waals surface area contributed by atoms with Gasteiger partial charge in [-0.15, -0.1) is 5.10 Å². The molecule has 0 spiro atoms. The fourth-order valence-corrected chi connectivity index (χ4v) is 2.00. The van der Waals surface area contributed by atoms with Crippen LogP contribution in [0.4, 0.5) is 0 Å². The Hall–Kier alpha value is -2.70. The highest BCUT2D eigenvalue weighted by Crippen LogP contribution is 2.14. The molecule has 22 heavy (non-hydrogen) atoms. The highest BCUT2D eigenvalue weighted by atomic mass is 16.4. The SMILES string of the molecule is CC(CCC(=O)O)NC(=O)Cn1cc(-c2ccccc2)nn1. The van der Waals surface area contributed by atoms with Crippen molar-refractivity contribution >= 4 is 11.9 Å². The zero-order valence-electron chi connectivity index (χ0n) is 12.3. The summed E-state index contributed by atoms with van der Waals surface area (Å²) in [6.07, 6.45) is 2.13. The summed E-state index contributed by atoms with van der Waals surface area (Å²) in [6, 6.07) is 9.38. The molecule has 0 aliphatic rings. The first-order valence-corrected chi connectivity index (χ1v) is 7.01. The normalized spacial score (nSPS) is 11.9. The van der Waals surface area contributed by atoms with E-state index >= 15 is 0 Å². The number of hydrogen-bond acceptors (Lipinski definition) is 4. The standard InChI is InChI=1S/C15H18N4O3/c1-11(7-8-15(21)22)16-14(20)10-19-9-13(17-18-19)12-5-3-2-4-6-12/h2-6,9,11H,7-8,10H2,1H3,(H,16,20)(H,21,22). The van der Waals surface area contributed by atoms with Gasteiger partial charge in [-0.3, -0.25) is 9.59 Å². The van der Waals surface area contributed by atoms with Crippen LogP contribution in [0.2, 0.25) is 0 Å². The van der Waals surface area contributed by atoms with E-state index in [4.69, 9.17) is 5.11 Å². The highest BCUT2D eigenvalue weighted by molar-refractivity contribution is 5.76. The third kappa shape index (κ3) is 4.69. The summed E-state index contributed by atoms with van der Waals surface area (Å²) >= 11 is 0. The monoisotopic (exact) mass is 302 g/mol. The molecule has 0 fully saturated rings. The Morgan fingerprint density at radius 1 is 1.32 bits per heavy atom. The third-order valence-corrected chi connectivity index (χ3v) is 3.11. The second kappa shape index (κ2) is 7.35. The summed E-state index contributed by atoms with van der Waals surface area (Å²) in [5.41, 5.74) is 1.64. The van der Waals surface area contributed by atoms with Gasteiger partial charge in [0.25, 0.3) is 0 Å². The van der Waals surface area contributed by atoms with Crippen molar-refractivity contribution in [2.75, 3.05) is 0 Å². The number of rotatable bonds is 7. The smallest absolute Gasteiger partial charge is 0.303 e. The average molecular weight is 302 g/mol.